The van der Waals surface area contributed by atoms with E-state index in [2.05, 4.69) is 5.32 Å². The van der Waals surface area contributed by atoms with Gasteiger partial charge in [0.15, 0.2) is 0 Å². The van der Waals surface area contributed by atoms with Gasteiger partial charge in [0.2, 0.25) is 0 Å². The Balaban J connectivity index is 2.10. The summed E-state index contributed by atoms with van der Waals surface area (Å²) in [4.78, 5) is 11.5. The molecule has 1 heterocycles. The number of carbonyl (C=O) groups is 1. The number of furan rings is 1. The lowest BCUT2D eigenvalue weighted by molar-refractivity contribution is 0.0939. The molecule has 2 aromatic rings. The van der Waals surface area contributed by atoms with Crippen molar-refractivity contribution < 1.29 is 18.0 Å². The third-order valence-electron chi connectivity index (χ3n) is 2.19. The average Bonchev–Trinajstić information content (AvgIpc) is 2.79. The van der Waals surface area contributed by atoms with Crippen LogP contribution in [0.3, 0.4) is 0 Å². The molecule has 0 atom stereocenters. The van der Waals surface area contributed by atoms with Crippen molar-refractivity contribution in [3.63, 3.8) is 0 Å². The molecule has 0 aliphatic rings. The first-order valence-electron chi connectivity index (χ1n) is 4.93. The van der Waals surface area contributed by atoms with Crippen LogP contribution in [0.2, 0.25) is 0 Å². The van der Waals surface area contributed by atoms with Crippen molar-refractivity contribution in [3.05, 3.63) is 59.6 Å². The topological polar surface area (TPSA) is 42.2 Å². The molecule has 0 spiro atoms. The average molecular weight is 237 g/mol. The van der Waals surface area contributed by atoms with Crippen molar-refractivity contribution in [2.75, 3.05) is 0 Å². The number of carbonyl (C=O) groups excluding carboxylic acids is 1. The van der Waals surface area contributed by atoms with Gasteiger partial charge in [-0.2, -0.15) is 0 Å². The second-order valence-corrected chi connectivity index (χ2v) is 3.36. The van der Waals surface area contributed by atoms with Crippen molar-refractivity contribution >= 4 is 5.91 Å². The minimum atomic E-state index is -0.887. The van der Waals surface area contributed by atoms with Crippen molar-refractivity contribution in [2.45, 2.75) is 6.54 Å². The Labute approximate surface area is 96.1 Å². The molecule has 17 heavy (non-hydrogen) atoms. The standard InChI is InChI=1S/C12H9F2NO2/c13-9-4-1-5-10(14)11(9)12(16)15-7-8-3-2-6-17-8/h1-6H,7H2,(H,15,16). The monoisotopic (exact) mass is 237 g/mol. The second-order valence-electron chi connectivity index (χ2n) is 3.36. The third kappa shape index (κ3) is 2.50. The fourth-order valence-corrected chi connectivity index (χ4v) is 1.38. The van der Waals surface area contributed by atoms with Crippen LogP contribution in [-0.4, -0.2) is 5.91 Å². The van der Waals surface area contributed by atoms with Gasteiger partial charge in [-0.05, 0) is 24.3 Å². The van der Waals surface area contributed by atoms with Gasteiger partial charge in [0, 0.05) is 0 Å². The lowest BCUT2D eigenvalue weighted by Crippen LogP contribution is -2.24. The highest BCUT2D eigenvalue weighted by molar-refractivity contribution is 5.94. The van der Waals surface area contributed by atoms with E-state index in [0.717, 1.165) is 12.1 Å². The van der Waals surface area contributed by atoms with Crippen LogP contribution in [0.25, 0.3) is 0 Å². The van der Waals surface area contributed by atoms with Crippen molar-refractivity contribution in [3.8, 4) is 0 Å². The van der Waals surface area contributed by atoms with Gasteiger partial charge in [-0.15, -0.1) is 0 Å². The number of nitrogens with one attached hydrogen (secondary N) is 1. The first-order valence-corrected chi connectivity index (χ1v) is 4.93. The zero-order valence-electron chi connectivity index (χ0n) is 8.74. The zero-order valence-corrected chi connectivity index (χ0v) is 8.74. The Morgan fingerprint density at radius 3 is 2.47 bits per heavy atom. The van der Waals surface area contributed by atoms with E-state index in [1.807, 2.05) is 0 Å². The fourth-order valence-electron chi connectivity index (χ4n) is 1.38. The Morgan fingerprint density at radius 1 is 1.18 bits per heavy atom. The van der Waals surface area contributed by atoms with Crippen LogP contribution in [0.15, 0.2) is 41.0 Å². The quantitative estimate of drug-likeness (QED) is 0.891. The SMILES string of the molecule is O=C(NCc1ccco1)c1c(F)cccc1F. The number of hydrogen-bond acceptors (Lipinski definition) is 2. The summed E-state index contributed by atoms with van der Waals surface area (Å²) in [6.07, 6.45) is 1.45. The Hall–Kier alpha value is -2.17. The van der Waals surface area contributed by atoms with Crippen LogP contribution < -0.4 is 5.32 Å². The molecule has 1 aromatic heterocycles. The lowest BCUT2D eigenvalue weighted by Gasteiger charge is -2.05. The largest absolute Gasteiger partial charge is 0.467 e. The summed E-state index contributed by atoms with van der Waals surface area (Å²) in [7, 11) is 0. The van der Waals surface area contributed by atoms with Crippen LogP contribution in [0.5, 0.6) is 0 Å². The Morgan fingerprint density at radius 2 is 1.88 bits per heavy atom. The highest BCUT2D eigenvalue weighted by Crippen LogP contribution is 2.12. The van der Waals surface area contributed by atoms with Crippen molar-refractivity contribution in [1.29, 1.82) is 0 Å². The van der Waals surface area contributed by atoms with Crippen molar-refractivity contribution in [2.24, 2.45) is 0 Å². The molecule has 0 bridgehead atoms. The van der Waals surface area contributed by atoms with E-state index in [9.17, 15) is 13.6 Å². The number of hydrogen-bond donors (Lipinski definition) is 1. The van der Waals surface area contributed by atoms with Gasteiger partial charge in [-0.25, -0.2) is 8.78 Å². The molecule has 5 heteroatoms. The molecule has 1 amide bonds. The summed E-state index contributed by atoms with van der Waals surface area (Å²) >= 11 is 0. The molecule has 0 saturated heterocycles. The summed E-state index contributed by atoms with van der Waals surface area (Å²) in [5, 5.41) is 2.37. The second kappa shape index (κ2) is 4.78. The third-order valence-corrected chi connectivity index (χ3v) is 2.19. The summed E-state index contributed by atoms with van der Waals surface area (Å²) < 4.78 is 31.5. The highest BCUT2D eigenvalue weighted by Gasteiger charge is 2.16. The van der Waals surface area contributed by atoms with Gasteiger partial charge in [-0.3, -0.25) is 4.79 Å². The maximum Gasteiger partial charge on any atom is 0.257 e. The number of amides is 1. The van der Waals surface area contributed by atoms with Gasteiger partial charge in [0.25, 0.3) is 5.91 Å². The van der Waals surface area contributed by atoms with Crippen LogP contribution in [0.1, 0.15) is 16.1 Å². The van der Waals surface area contributed by atoms with E-state index in [4.69, 9.17) is 4.42 Å². The maximum absolute atomic E-state index is 13.2. The fraction of sp³-hybridized carbons (Fsp3) is 0.0833. The summed E-state index contributed by atoms with van der Waals surface area (Å²) in [6.45, 7) is 0.0829. The molecule has 0 aliphatic heterocycles. The molecule has 0 unspecified atom stereocenters. The van der Waals surface area contributed by atoms with E-state index in [0.29, 0.717) is 5.76 Å². The maximum atomic E-state index is 13.2. The lowest BCUT2D eigenvalue weighted by atomic mass is 10.2. The van der Waals surface area contributed by atoms with Crippen LogP contribution in [0.4, 0.5) is 8.78 Å². The summed E-state index contributed by atoms with van der Waals surface area (Å²) in [5.41, 5.74) is -0.584. The van der Waals surface area contributed by atoms with Gasteiger partial charge >= 0.3 is 0 Å². The molecule has 0 fully saturated rings. The van der Waals surface area contributed by atoms with E-state index >= 15 is 0 Å². The molecule has 0 aliphatic carbocycles. The van der Waals surface area contributed by atoms with Crippen LogP contribution in [0, 0.1) is 11.6 Å². The highest BCUT2D eigenvalue weighted by atomic mass is 19.1. The first kappa shape index (κ1) is 11.3. The summed E-state index contributed by atoms with van der Waals surface area (Å²) in [5.74, 6) is -2.07. The molecule has 1 N–H and O–H groups in total. The van der Waals surface area contributed by atoms with E-state index in [1.54, 1.807) is 12.1 Å². The molecule has 2 rings (SSSR count). The molecular formula is C12H9F2NO2. The molecule has 88 valence electrons. The molecule has 0 saturated carbocycles. The van der Waals surface area contributed by atoms with Crippen LogP contribution >= 0.6 is 0 Å². The van der Waals surface area contributed by atoms with E-state index in [1.165, 1.54) is 12.3 Å². The minimum Gasteiger partial charge on any atom is -0.467 e. The molecular weight excluding hydrogens is 228 g/mol. The summed E-state index contributed by atoms with van der Waals surface area (Å²) in [6, 6.07) is 6.58. The molecule has 3 nitrogen and oxygen atoms in total. The Kier molecular flexibility index (Phi) is 3.18. The molecule has 0 radical (unpaired) electrons. The van der Waals surface area contributed by atoms with Gasteiger partial charge < -0.3 is 9.73 Å². The number of halogens is 2. The van der Waals surface area contributed by atoms with Gasteiger partial charge in [0.05, 0.1) is 12.8 Å². The van der Waals surface area contributed by atoms with Crippen LogP contribution in [-0.2, 0) is 6.54 Å². The van der Waals surface area contributed by atoms with Crippen molar-refractivity contribution in [1.82, 2.24) is 5.32 Å². The predicted molar refractivity (Wildman–Crippen MR) is 56.2 cm³/mol. The normalized spacial score (nSPS) is 10.2. The minimum absolute atomic E-state index is 0.0829. The van der Waals surface area contributed by atoms with E-state index < -0.39 is 23.1 Å². The number of rotatable bonds is 3. The molecule has 1 aromatic carbocycles. The van der Waals surface area contributed by atoms with Gasteiger partial charge in [0.1, 0.15) is 23.0 Å². The van der Waals surface area contributed by atoms with E-state index in [-0.39, 0.29) is 6.54 Å². The first-order chi connectivity index (χ1) is 8.18. The Bertz CT molecular complexity index is 503. The number of benzene rings is 1. The zero-order chi connectivity index (χ0) is 12.3. The smallest absolute Gasteiger partial charge is 0.257 e. The predicted octanol–water partition coefficient (Wildman–Crippen LogP) is 2.49. The van der Waals surface area contributed by atoms with Gasteiger partial charge in [-0.1, -0.05) is 6.07 Å².